The molecule has 23 heavy (non-hydrogen) atoms. The molecule has 1 aromatic heterocycles. The standard InChI is InChI=1S/C16H24N2O3S2/c1-23(20,21)18-12-10-14-7-8-15(22-14)16(19)17-11-9-13-5-3-2-4-6-13/h5,7-8,18H,2-4,6,9-12H2,1H3,(H,17,19). The first-order valence-corrected chi connectivity index (χ1v) is 10.6. The van der Waals surface area contributed by atoms with E-state index in [0.717, 1.165) is 24.0 Å². The Labute approximate surface area is 142 Å². The van der Waals surface area contributed by atoms with E-state index < -0.39 is 10.0 Å². The molecule has 0 fully saturated rings. The summed E-state index contributed by atoms with van der Waals surface area (Å²) in [5.74, 6) is -0.0475. The van der Waals surface area contributed by atoms with E-state index in [1.165, 1.54) is 36.2 Å². The zero-order valence-corrected chi connectivity index (χ0v) is 15.1. The van der Waals surface area contributed by atoms with Crippen molar-refractivity contribution in [2.45, 2.75) is 38.5 Å². The van der Waals surface area contributed by atoms with Crippen molar-refractivity contribution in [2.75, 3.05) is 19.3 Å². The average Bonchev–Trinajstić information content (AvgIpc) is 2.96. The second kappa shape index (κ2) is 8.61. The van der Waals surface area contributed by atoms with E-state index >= 15 is 0 Å². The van der Waals surface area contributed by atoms with Gasteiger partial charge < -0.3 is 5.32 Å². The predicted molar refractivity (Wildman–Crippen MR) is 94.4 cm³/mol. The van der Waals surface area contributed by atoms with Crippen molar-refractivity contribution in [3.05, 3.63) is 33.5 Å². The van der Waals surface area contributed by atoms with Gasteiger partial charge in [-0.3, -0.25) is 4.79 Å². The van der Waals surface area contributed by atoms with Crippen LogP contribution in [0, 0.1) is 0 Å². The summed E-state index contributed by atoms with van der Waals surface area (Å²) in [4.78, 5) is 13.8. The molecule has 7 heteroatoms. The highest BCUT2D eigenvalue weighted by atomic mass is 32.2. The van der Waals surface area contributed by atoms with Crippen LogP contribution in [0.25, 0.3) is 0 Å². The Hall–Kier alpha value is -1.18. The van der Waals surface area contributed by atoms with Gasteiger partial charge in [-0.25, -0.2) is 13.1 Å². The van der Waals surface area contributed by atoms with E-state index in [1.54, 1.807) is 6.07 Å². The number of hydrogen-bond acceptors (Lipinski definition) is 4. The van der Waals surface area contributed by atoms with Gasteiger partial charge >= 0.3 is 0 Å². The summed E-state index contributed by atoms with van der Waals surface area (Å²) in [6.45, 7) is 1.03. The molecule has 0 unspecified atom stereocenters. The lowest BCUT2D eigenvalue weighted by Gasteiger charge is -2.12. The maximum Gasteiger partial charge on any atom is 0.261 e. The molecule has 1 aliphatic carbocycles. The Kier molecular flexibility index (Phi) is 6.80. The summed E-state index contributed by atoms with van der Waals surface area (Å²) in [5.41, 5.74) is 1.45. The van der Waals surface area contributed by atoms with Gasteiger partial charge in [0.15, 0.2) is 0 Å². The largest absolute Gasteiger partial charge is 0.351 e. The SMILES string of the molecule is CS(=O)(=O)NCCc1ccc(C(=O)NCCC2=CCCCC2)s1. The zero-order valence-electron chi connectivity index (χ0n) is 13.4. The minimum absolute atomic E-state index is 0.0475. The van der Waals surface area contributed by atoms with Crippen LogP contribution in [-0.4, -0.2) is 33.7 Å². The molecule has 0 bridgehead atoms. The number of sulfonamides is 1. The topological polar surface area (TPSA) is 75.3 Å². The number of carbonyl (C=O) groups excluding carboxylic acids is 1. The smallest absolute Gasteiger partial charge is 0.261 e. The number of hydrogen-bond donors (Lipinski definition) is 2. The fourth-order valence-corrected chi connectivity index (χ4v) is 3.95. The van der Waals surface area contributed by atoms with E-state index in [1.807, 2.05) is 6.07 Å². The summed E-state index contributed by atoms with van der Waals surface area (Å²) in [5, 5.41) is 2.96. The molecule has 0 atom stereocenters. The van der Waals surface area contributed by atoms with Gasteiger partial charge in [-0.1, -0.05) is 11.6 Å². The molecular weight excluding hydrogens is 332 g/mol. The van der Waals surface area contributed by atoms with Crippen LogP contribution in [0.15, 0.2) is 23.8 Å². The van der Waals surface area contributed by atoms with Crippen LogP contribution in [0.3, 0.4) is 0 Å². The van der Waals surface area contributed by atoms with Crippen molar-refractivity contribution in [1.29, 1.82) is 0 Å². The van der Waals surface area contributed by atoms with Gasteiger partial charge in [0.25, 0.3) is 5.91 Å². The monoisotopic (exact) mass is 356 g/mol. The number of thiophene rings is 1. The molecule has 0 saturated heterocycles. The number of nitrogens with one attached hydrogen (secondary N) is 2. The van der Waals surface area contributed by atoms with Crippen LogP contribution in [0.1, 0.15) is 46.7 Å². The Morgan fingerprint density at radius 2 is 2.04 bits per heavy atom. The maximum absolute atomic E-state index is 12.1. The number of amides is 1. The third kappa shape index (κ3) is 6.85. The fraction of sp³-hybridized carbons (Fsp3) is 0.562. The summed E-state index contributed by atoms with van der Waals surface area (Å²) in [6.07, 6.45) is 9.83. The van der Waals surface area contributed by atoms with E-state index in [9.17, 15) is 13.2 Å². The molecule has 1 heterocycles. The zero-order chi connectivity index (χ0) is 16.7. The molecule has 5 nitrogen and oxygen atoms in total. The minimum atomic E-state index is -3.16. The summed E-state index contributed by atoms with van der Waals surface area (Å²) in [7, 11) is -3.16. The van der Waals surface area contributed by atoms with Gasteiger partial charge in [-0.2, -0.15) is 0 Å². The van der Waals surface area contributed by atoms with Crippen molar-refractivity contribution in [3.8, 4) is 0 Å². The molecule has 1 amide bonds. The Bertz CT molecular complexity index is 663. The first-order valence-electron chi connectivity index (χ1n) is 7.93. The molecule has 0 saturated carbocycles. The number of rotatable bonds is 8. The van der Waals surface area contributed by atoms with Crippen molar-refractivity contribution in [1.82, 2.24) is 10.0 Å². The highest BCUT2D eigenvalue weighted by Crippen LogP contribution is 2.20. The van der Waals surface area contributed by atoms with E-state index in [4.69, 9.17) is 0 Å². The lowest BCUT2D eigenvalue weighted by Crippen LogP contribution is -2.24. The molecule has 1 aliphatic rings. The quantitative estimate of drug-likeness (QED) is 0.703. The molecule has 0 radical (unpaired) electrons. The molecule has 0 aliphatic heterocycles. The maximum atomic E-state index is 12.1. The average molecular weight is 357 g/mol. The lowest BCUT2D eigenvalue weighted by atomic mass is 9.97. The van der Waals surface area contributed by atoms with Crippen molar-refractivity contribution in [3.63, 3.8) is 0 Å². The minimum Gasteiger partial charge on any atom is -0.351 e. The lowest BCUT2D eigenvalue weighted by molar-refractivity contribution is 0.0958. The number of allylic oxidation sites excluding steroid dienone is 1. The van der Waals surface area contributed by atoms with Gasteiger partial charge in [-0.05, 0) is 50.7 Å². The summed E-state index contributed by atoms with van der Waals surface area (Å²) >= 11 is 1.42. The van der Waals surface area contributed by atoms with Crippen LogP contribution >= 0.6 is 11.3 Å². The predicted octanol–water partition coefficient (Wildman–Crippen LogP) is 2.46. The van der Waals surface area contributed by atoms with E-state index in [2.05, 4.69) is 16.1 Å². The normalized spacial score (nSPS) is 15.3. The van der Waals surface area contributed by atoms with Gasteiger partial charge in [-0.15, -0.1) is 11.3 Å². The van der Waals surface area contributed by atoms with Crippen molar-refractivity contribution >= 4 is 27.3 Å². The van der Waals surface area contributed by atoms with Gasteiger partial charge in [0.2, 0.25) is 10.0 Å². The second-order valence-corrected chi connectivity index (χ2v) is 8.80. The highest BCUT2D eigenvalue weighted by Gasteiger charge is 2.10. The van der Waals surface area contributed by atoms with Crippen LogP contribution in [0.4, 0.5) is 0 Å². The van der Waals surface area contributed by atoms with Gasteiger partial charge in [0.05, 0.1) is 11.1 Å². The molecule has 128 valence electrons. The number of carbonyl (C=O) groups is 1. The van der Waals surface area contributed by atoms with Crippen LogP contribution < -0.4 is 10.0 Å². The first kappa shape index (κ1) is 18.2. The molecular formula is C16H24N2O3S2. The summed E-state index contributed by atoms with van der Waals surface area (Å²) in [6, 6.07) is 3.68. The van der Waals surface area contributed by atoms with Crippen LogP contribution in [0.2, 0.25) is 0 Å². The van der Waals surface area contributed by atoms with Gasteiger partial charge in [0.1, 0.15) is 0 Å². The highest BCUT2D eigenvalue weighted by molar-refractivity contribution is 7.88. The molecule has 0 spiro atoms. The summed E-state index contributed by atoms with van der Waals surface area (Å²) < 4.78 is 24.5. The van der Waals surface area contributed by atoms with Gasteiger partial charge in [0, 0.05) is 18.0 Å². The molecule has 2 N–H and O–H groups in total. The second-order valence-electron chi connectivity index (χ2n) is 5.80. The molecule has 0 aromatic carbocycles. The third-order valence-electron chi connectivity index (χ3n) is 3.74. The fourth-order valence-electron chi connectivity index (χ4n) is 2.55. The van der Waals surface area contributed by atoms with Crippen molar-refractivity contribution in [2.24, 2.45) is 0 Å². The Balaban J connectivity index is 1.73. The Morgan fingerprint density at radius 1 is 1.22 bits per heavy atom. The van der Waals surface area contributed by atoms with Crippen LogP contribution in [-0.2, 0) is 16.4 Å². The molecule has 1 aromatic rings. The van der Waals surface area contributed by atoms with E-state index in [0.29, 0.717) is 24.4 Å². The van der Waals surface area contributed by atoms with Crippen molar-refractivity contribution < 1.29 is 13.2 Å². The first-order chi connectivity index (χ1) is 10.9. The third-order valence-corrected chi connectivity index (χ3v) is 5.61. The molecule has 2 rings (SSSR count). The Morgan fingerprint density at radius 3 is 2.74 bits per heavy atom. The van der Waals surface area contributed by atoms with Crippen LogP contribution in [0.5, 0.6) is 0 Å². The van der Waals surface area contributed by atoms with E-state index in [-0.39, 0.29) is 5.91 Å².